The number of fused-ring (bicyclic) bond motifs is 1. The molecule has 0 saturated heterocycles. The first-order valence-electron chi connectivity index (χ1n) is 4.72. The Kier molecular flexibility index (Phi) is 2.76. The third-order valence-electron chi connectivity index (χ3n) is 2.30. The summed E-state index contributed by atoms with van der Waals surface area (Å²) in [4.78, 5) is 34.4. The molecule has 92 valence electrons. The number of H-pyrrole nitrogens is 3. The predicted octanol–water partition coefficient (Wildman–Crippen LogP) is 2.19. The molecule has 9 heteroatoms. The molecule has 0 unspecified atom stereocenters. The molecular formula is C9H4Br2N4O2S. The summed E-state index contributed by atoms with van der Waals surface area (Å²) < 4.78 is 1.82. The van der Waals surface area contributed by atoms with E-state index in [-0.39, 0.29) is 11.2 Å². The lowest BCUT2D eigenvalue weighted by molar-refractivity contribution is 1.07. The fraction of sp³-hybridized carbons (Fsp3) is 0. The number of halogens is 2. The first-order chi connectivity index (χ1) is 8.54. The van der Waals surface area contributed by atoms with Gasteiger partial charge in [-0.25, -0.2) is 9.78 Å². The maximum Gasteiger partial charge on any atom is 0.327 e. The second-order valence-electron chi connectivity index (χ2n) is 3.46. The first-order valence-corrected chi connectivity index (χ1v) is 7.12. The van der Waals surface area contributed by atoms with Gasteiger partial charge in [0.2, 0.25) is 0 Å². The van der Waals surface area contributed by atoms with Gasteiger partial charge in [-0.3, -0.25) is 14.8 Å². The highest BCUT2D eigenvalue weighted by atomic mass is 79.9. The van der Waals surface area contributed by atoms with Crippen LogP contribution in [0.15, 0.2) is 23.2 Å². The number of hydrogen-bond donors (Lipinski definition) is 3. The number of imidazole rings is 1. The van der Waals surface area contributed by atoms with Crippen LogP contribution >= 0.6 is 43.2 Å². The summed E-state index contributed by atoms with van der Waals surface area (Å²) in [5.41, 5.74) is 0.254. The number of nitrogens with zero attached hydrogens (tertiary/aromatic N) is 1. The van der Waals surface area contributed by atoms with Crippen molar-refractivity contribution in [1.82, 2.24) is 19.9 Å². The summed E-state index contributed by atoms with van der Waals surface area (Å²) in [6.45, 7) is 0. The topological polar surface area (TPSA) is 94.4 Å². The Balaban J connectivity index is 2.32. The molecule has 0 saturated carbocycles. The van der Waals surface area contributed by atoms with Crippen LogP contribution in [0, 0.1) is 0 Å². The van der Waals surface area contributed by atoms with Crippen LogP contribution in [-0.4, -0.2) is 19.9 Å². The van der Waals surface area contributed by atoms with Crippen LogP contribution in [0.4, 0.5) is 0 Å². The summed E-state index contributed by atoms with van der Waals surface area (Å²) >= 11 is 8.28. The second-order valence-corrected chi connectivity index (χ2v) is 7.20. The number of hydrogen-bond acceptors (Lipinski definition) is 4. The molecule has 0 bridgehead atoms. The van der Waals surface area contributed by atoms with E-state index in [1.165, 1.54) is 11.3 Å². The van der Waals surface area contributed by atoms with Crippen LogP contribution in [-0.2, 0) is 0 Å². The van der Waals surface area contributed by atoms with E-state index in [1.807, 2.05) is 6.07 Å². The zero-order valence-corrected chi connectivity index (χ0v) is 12.5. The van der Waals surface area contributed by atoms with E-state index in [2.05, 4.69) is 51.8 Å². The highest BCUT2D eigenvalue weighted by Crippen LogP contribution is 2.37. The van der Waals surface area contributed by atoms with Gasteiger partial charge in [-0.05, 0) is 37.9 Å². The van der Waals surface area contributed by atoms with E-state index in [9.17, 15) is 9.59 Å². The largest absolute Gasteiger partial charge is 0.332 e. The minimum atomic E-state index is -0.573. The SMILES string of the molecule is O=c1[nH]c(=O)c2[nH]c(-c3cc(Br)sc3Br)nc2[nH]1. The maximum atomic E-state index is 11.6. The molecule has 6 nitrogen and oxygen atoms in total. The Bertz CT molecular complexity index is 859. The molecule has 0 atom stereocenters. The normalized spacial score (nSPS) is 11.2. The molecule has 0 fully saturated rings. The van der Waals surface area contributed by atoms with E-state index in [0.717, 1.165) is 13.1 Å². The molecule has 0 amide bonds. The van der Waals surface area contributed by atoms with Crippen LogP contribution < -0.4 is 11.2 Å². The van der Waals surface area contributed by atoms with E-state index in [4.69, 9.17) is 0 Å². The van der Waals surface area contributed by atoms with E-state index < -0.39 is 11.2 Å². The Hall–Kier alpha value is -1.19. The highest BCUT2D eigenvalue weighted by Gasteiger charge is 2.14. The van der Waals surface area contributed by atoms with Crippen molar-refractivity contribution in [2.45, 2.75) is 0 Å². The molecule has 3 heterocycles. The zero-order valence-electron chi connectivity index (χ0n) is 8.51. The van der Waals surface area contributed by atoms with Gasteiger partial charge in [-0.15, -0.1) is 11.3 Å². The Morgan fingerprint density at radius 2 is 1.94 bits per heavy atom. The van der Waals surface area contributed by atoms with Crippen molar-refractivity contribution in [1.29, 1.82) is 0 Å². The molecule has 0 aromatic carbocycles. The Labute approximate surface area is 120 Å². The van der Waals surface area contributed by atoms with Crippen molar-refractivity contribution in [3.63, 3.8) is 0 Å². The summed E-state index contributed by atoms with van der Waals surface area (Å²) in [5, 5.41) is 0. The third-order valence-corrected chi connectivity index (χ3v) is 4.64. The van der Waals surface area contributed by atoms with Gasteiger partial charge in [0.15, 0.2) is 5.65 Å². The van der Waals surface area contributed by atoms with Crippen molar-refractivity contribution in [3.05, 3.63) is 34.5 Å². The van der Waals surface area contributed by atoms with Crippen LogP contribution in [0.5, 0.6) is 0 Å². The molecule has 0 aliphatic carbocycles. The second kappa shape index (κ2) is 4.18. The van der Waals surface area contributed by atoms with Crippen molar-refractivity contribution < 1.29 is 0 Å². The predicted molar refractivity (Wildman–Crippen MR) is 76.0 cm³/mol. The van der Waals surface area contributed by atoms with E-state index >= 15 is 0 Å². The third kappa shape index (κ3) is 1.88. The van der Waals surface area contributed by atoms with Crippen molar-refractivity contribution in [2.75, 3.05) is 0 Å². The van der Waals surface area contributed by atoms with Crippen LogP contribution in [0.2, 0.25) is 0 Å². The molecule has 0 radical (unpaired) electrons. The highest BCUT2D eigenvalue weighted by molar-refractivity contribution is 9.12. The minimum Gasteiger partial charge on any atom is -0.332 e. The van der Waals surface area contributed by atoms with Gasteiger partial charge in [-0.2, -0.15) is 0 Å². The van der Waals surface area contributed by atoms with Gasteiger partial charge in [0.05, 0.1) is 7.57 Å². The zero-order chi connectivity index (χ0) is 12.9. The van der Waals surface area contributed by atoms with Gasteiger partial charge in [-0.1, -0.05) is 0 Å². The Morgan fingerprint density at radius 1 is 1.17 bits per heavy atom. The molecule has 3 rings (SSSR count). The van der Waals surface area contributed by atoms with Crippen molar-refractivity contribution >= 4 is 54.4 Å². The number of aromatic nitrogens is 4. The van der Waals surface area contributed by atoms with Gasteiger partial charge in [0, 0.05) is 5.56 Å². The number of rotatable bonds is 1. The van der Waals surface area contributed by atoms with Crippen molar-refractivity contribution in [3.8, 4) is 11.4 Å². The van der Waals surface area contributed by atoms with Gasteiger partial charge in [0.25, 0.3) is 5.56 Å². The van der Waals surface area contributed by atoms with E-state index in [1.54, 1.807) is 0 Å². The first kappa shape index (κ1) is 11.9. The summed E-state index contributed by atoms with van der Waals surface area (Å²) in [5.74, 6) is 0.520. The summed E-state index contributed by atoms with van der Waals surface area (Å²) in [6, 6.07) is 1.87. The van der Waals surface area contributed by atoms with Gasteiger partial charge < -0.3 is 4.98 Å². The molecule has 0 aliphatic heterocycles. The lowest BCUT2D eigenvalue weighted by Gasteiger charge is -1.90. The minimum absolute atomic E-state index is 0.243. The average Bonchev–Trinajstić information content (AvgIpc) is 2.81. The summed E-state index contributed by atoms with van der Waals surface area (Å²) in [6.07, 6.45) is 0. The Morgan fingerprint density at radius 3 is 2.61 bits per heavy atom. The number of nitrogens with one attached hydrogen (secondary N) is 3. The molecule has 3 aromatic rings. The van der Waals surface area contributed by atoms with Crippen LogP contribution in [0.25, 0.3) is 22.6 Å². The molecule has 3 aromatic heterocycles. The molecule has 0 spiro atoms. The van der Waals surface area contributed by atoms with E-state index in [0.29, 0.717) is 5.82 Å². The van der Waals surface area contributed by atoms with Crippen LogP contribution in [0.3, 0.4) is 0 Å². The molecule has 3 N–H and O–H groups in total. The smallest absolute Gasteiger partial charge is 0.327 e. The van der Waals surface area contributed by atoms with Crippen LogP contribution in [0.1, 0.15) is 0 Å². The lowest BCUT2D eigenvalue weighted by atomic mass is 10.3. The molecular weight excluding hydrogens is 388 g/mol. The van der Waals surface area contributed by atoms with Crippen molar-refractivity contribution in [2.24, 2.45) is 0 Å². The van der Waals surface area contributed by atoms with Gasteiger partial charge in [0.1, 0.15) is 11.3 Å². The molecule has 18 heavy (non-hydrogen) atoms. The van der Waals surface area contributed by atoms with Gasteiger partial charge >= 0.3 is 5.69 Å². The monoisotopic (exact) mass is 390 g/mol. The lowest BCUT2D eigenvalue weighted by Crippen LogP contribution is -2.21. The fourth-order valence-electron chi connectivity index (χ4n) is 1.56. The quantitative estimate of drug-likeness (QED) is 0.593. The maximum absolute atomic E-state index is 11.6. The summed E-state index contributed by atoms with van der Waals surface area (Å²) in [7, 11) is 0. The molecule has 0 aliphatic rings. The number of thiophene rings is 1. The average molecular weight is 392 g/mol. The number of aromatic amines is 3. The fourth-order valence-corrected chi connectivity index (χ4v) is 4.37. The standard InChI is InChI=1S/C9H4Br2N4O2S/c10-3-1-2(5(11)18-3)6-12-4-7(13-6)14-9(17)15-8(4)16/h1H,(H3,12,13,14,15,16,17).